The minimum Gasteiger partial charge on any atom is -0.349 e. The summed E-state index contributed by atoms with van der Waals surface area (Å²) in [6.07, 6.45) is 0. The van der Waals surface area contributed by atoms with Crippen molar-refractivity contribution in [2.45, 2.75) is 15.7 Å². The molecule has 3 aromatic carbocycles. The highest BCUT2D eigenvalue weighted by Gasteiger charge is 2.44. The Hall–Kier alpha value is -2.82. The molecule has 3 heterocycles. The largest absolute Gasteiger partial charge is 0.349 e. The number of amidine groups is 1. The number of hydrogen-bond donors (Lipinski definition) is 2. The summed E-state index contributed by atoms with van der Waals surface area (Å²) in [5, 5.41) is 25.8. The summed E-state index contributed by atoms with van der Waals surface area (Å²) >= 11 is 15.9. The molecular weight excluding hydrogens is 491 g/mol. The zero-order valence-electron chi connectivity index (χ0n) is 16.9. The lowest BCUT2D eigenvalue weighted by molar-refractivity contribution is 0.940. The molecule has 0 amide bonds. The van der Waals surface area contributed by atoms with Crippen LogP contribution in [0.2, 0.25) is 10.0 Å². The van der Waals surface area contributed by atoms with Crippen LogP contribution in [0.5, 0.6) is 0 Å². The molecular formula is C25H14Cl2N4S2. The summed E-state index contributed by atoms with van der Waals surface area (Å²) in [5.74, 6) is -0.162. The summed E-state index contributed by atoms with van der Waals surface area (Å²) in [6.45, 7) is 0. The van der Waals surface area contributed by atoms with Gasteiger partial charge in [-0.25, -0.2) is 0 Å². The van der Waals surface area contributed by atoms with E-state index in [0.717, 1.165) is 42.4 Å². The maximum atomic E-state index is 10.4. The van der Waals surface area contributed by atoms with Crippen LogP contribution in [0.15, 0.2) is 97.7 Å². The maximum Gasteiger partial charge on any atom is 0.137 e. The molecule has 6 rings (SSSR count). The van der Waals surface area contributed by atoms with Gasteiger partial charge in [0.2, 0.25) is 0 Å². The first kappa shape index (κ1) is 20.8. The fourth-order valence-electron chi connectivity index (χ4n) is 4.35. The number of para-hydroxylation sites is 2. The van der Waals surface area contributed by atoms with E-state index >= 15 is 0 Å². The van der Waals surface area contributed by atoms with Gasteiger partial charge >= 0.3 is 0 Å². The molecule has 3 aromatic rings. The lowest BCUT2D eigenvalue weighted by Gasteiger charge is -2.35. The van der Waals surface area contributed by atoms with Gasteiger partial charge in [0.15, 0.2) is 0 Å². The van der Waals surface area contributed by atoms with Crippen LogP contribution in [0.4, 0.5) is 11.4 Å². The molecule has 0 bridgehead atoms. The minimum absolute atomic E-state index is 0.334. The van der Waals surface area contributed by atoms with Crippen molar-refractivity contribution in [3.8, 4) is 6.07 Å². The van der Waals surface area contributed by atoms with Crippen molar-refractivity contribution in [1.29, 1.82) is 10.7 Å². The van der Waals surface area contributed by atoms with Gasteiger partial charge in [0.25, 0.3) is 0 Å². The third kappa shape index (κ3) is 3.19. The molecule has 0 aromatic heterocycles. The smallest absolute Gasteiger partial charge is 0.137 e. The number of nitriles is 1. The Morgan fingerprint density at radius 1 is 0.970 bits per heavy atom. The van der Waals surface area contributed by atoms with Crippen LogP contribution in [0.3, 0.4) is 0 Å². The van der Waals surface area contributed by atoms with Crippen LogP contribution in [0, 0.1) is 16.7 Å². The second-order valence-corrected chi connectivity index (χ2v) is 10.6. The van der Waals surface area contributed by atoms with E-state index in [1.165, 1.54) is 11.8 Å². The Morgan fingerprint density at radius 2 is 1.73 bits per heavy atom. The van der Waals surface area contributed by atoms with Crippen LogP contribution in [-0.4, -0.2) is 5.84 Å². The van der Waals surface area contributed by atoms with Gasteiger partial charge in [-0.3, -0.25) is 10.3 Å². The van der Waals surface area contributed by atoms with E-state index in [1.54, 1.807) is 23.9 Å². The second kappa shape index (κ2) is 7.89. The Labute approximate surface area is 209 Å². The number of benzene rings is 3. The molecule has 3 aliphatic heterocycles. The van der Waals surface area contributed by atoms with Crippen molar-refractivity contribution in [2.75, 3.05) is 10.2 Å². The molecule has 8 heteroatoms. The number of rotatable bonds is 1. The lowest BCUT2D eigenvalue weighted by Crippen LogP contribution is -2.37. The highest BCUT2D eigenvalue weighted by atomic mass is 35.5. The van der Waals surface area contributed by atoms with Crippen LogP contribution in [-0.2, 0) is 0 Å². The van der Waals surface area contributed by atoms with Gasteiger partial charge in [0.1, 0.15) is 10.9 Å². The fraction of sp³-hybridized carbons (Fsp3) is 0.0400. The van der Waals surface area contributed by atoms with Crippen LogP contribution >= 0.6 is 46.7 Å². The maximum absolute atomic E-state index is 10.4. The molecule has 0 spiro atoms. The van der Waals surface area contributed by atoms with E-state index in [0.29, 0.717) is 21.5 Å². The average Bonchev–Trinajstić information content (AvgIpc) is 3.40. The average molecular weight is 505 g/mol. The molecule has 0 aliphatic carbocycles. The Bertz CT molecular complexity index is 1440. The molecule has 0 fully saturated rings. The third-order valence-electron chi connectivity index (χ3n) is 5.79. The van der Waals surface area contributed by atoms with Crippen molar-refractivity contribution in [3.63, 3.8) is 0 Å². The van der Waals surface area contributed by atoms with Crippen molar-refractivity contribution < 1.29 is 0 Å². The number of nitrogens with zero attached hydrogens (tertiary/aromatic N) is 2. The van der Waals surface area contributed by atoms with E-state index in [1.807, 2.05) is 59.5 Å². The molecule has 2 N–H and O–H groups in total. The number of halogens is 2. The van der Waals surface area contributed by atoms with E-state index in [9.17, 15) is 10.7 Å². The van der Waals surface area contributed by atoms with Gasteiger partial charge in [-0.15, -0.1) is 0 Å². The van der Waals surface area contributed by atoms with Gasteiger partial charge in [-0.1, -0.05) is 77.1 Å². The van der Waals surface area contributed by atoms with E-state index < -0.39 is 5.92 Å². The number of allylic oxidation sites excluding steroid dienone is 1. The zero-order valence-corrected chi connectivity index (χ0v) is 20.0. The highest BCUT2D eigenvalue weighted by molar-refractivity contribution is 8.04. The molecule has 0 saturated carbocycles. The Morgan fingerprint density at radius 3 is 2.48 bits per heavy atom. The first-order valence-corrected chi connectivity index (χ1v) is 12.5. The number of thioether (sulfide) groups is 2. The summed E-state index contributed by atoms with van der Waals surface area (Å²) in [7, 11) is 0. The van der Waals surface area contributed by atoms with Gasteiger partial charge in [0.05, 0.1) is 34.0 Å². The first-order chi connectivity index (χ1) is 16.1. The van der Waals surface area contributed by atoms with Gasteiger partial charge in [-0.05, 0) is 42.0 Å². The van der Waals surface area contributed by atoms with Gasteiger partial charge < -0.3 is 5.32 Å². The third-order valence-corrected chi connectivity index (χ3v) is 8.61. The van der Waals surface area contributed by atoms with E-state index in [2.05, 4.69) is 11.4 Å². The van der Waals surface area contributed by atoms with Gasteiger partial charge in [-0.2, -0.15) is 5.26 Å². The van der Waals surface area contributed by atoms with Crippen molar-refractivity contribution in [3.05, 3.63) is 104 Å². The fourth-order valence-corrected chi connectivity index (χ4v) is 7.12. The predicted molar refractivity (Wildman–Crippen MR) is 137 cm³/mol. The standard InChI is InChI=1S/C25H14Cl2N4S2/c26-13-9-10-14(16(27)11-13)21-15(12-28)25-31(18-6-2-4-8-20(18)33-25)23(29)22(21)24-30-17-5-1-3-7-19(17)32-24/h1-11,21,29-30H/t21-/m0/s1. The summed E-state index contributed by atoms with van der Waals surface area (Å²) in [4.78, 5) is 3.98. The van der Waals surface area contributed by atoms with Crippen LogP contribution < -0.4 is 10.2 Å². The molecule has 3 aliphatic rings. The second-order valence-electron chi connectivity index (χ2n) is 7.65. The minimum atomic E-state index is -0.496. The molecule has 160 valence electrons. The highest BCUT2D eigenvalue weighted by Crippen LogP contribution is 2.56. The molecule has 0 radical (unpaired) electrons. The van der Waals surface area contributed by atoms with E-state index in [-0.39, 0.29) is 0 Å². The molecule has 33 heavy (non-hydrogen) atoms. The summed E-state index contributed by atoms with van der Waals surface area (Å²) in [5.41, 5.74) is 3.94. The molecule has 4 nitrogen and oxygen atoms in total. The normalized spacial score (nSPS) is 20.8. The molecule has 0 unspecified atom stereocenters. The quantitative estimate of drug-likeness (QED) is 0.353. The lowest BCUT2D eigenvalue weighted by atomic mass is 9.82. The predicted octanol–water partition coefficient (Wildman–Crippen LogP) is 7.84. The van der Waals surface area contributed by atoms with Crippen molar-refractivity contribution in [1.82, 2.24) is 0 Å². The molecule has 0 saturated heterocycles. The number of anilines is 2. The van der Waals surface area contributed by atoms with Crippen LogP contribution in [0.1, 0.15) is 11.5 Å². The number of fused-ring (bicyclic) bond motifs is 4. The molecule has 1 atom stereocenters. The summed E-state index contributed by atoms with van der Waals surface area (Å²) in [6, 6.07) is 23.7. The van der Waals surface area contributed by atoms with E-state index in [4.69, 9.17) is 23.2 Å². The summed E-state index contributed by atoms with van der Waals surface area (Å²) < 4.78 is 0. The van der Waals surface area contributed by atoms with Crippen molar-refractivity contribution >= 4 is 63.9 Å². The topological polar surface area (TPSA) is 62.9 Å². The Kier molecular flexibility index (Phi) is 4.97. The van der Waals surface area contributed by atoms with Crippen molar-refractivity contribution in [2.24, 2.45) is 0 Å². The van der Waals surface area contributed by atoms with Gasteiger partial charge in [0, 0.05) is 25.4 Å². The first-order valence-electron chi connectivity index (χ1n) is 10.1. The monoisotopic (exact) mass is 504 g/mol. The SMILES string of the molecule is N#CC1=C2Sc3ccccc3N2C(=N)C(=C2Nc3ccccc3S2)[C@H]1c1ccc(Cl)cc1Cl. The number of hydrogen-bond acceptors (Lipinski definition) is 5. The van der Waals surface area contributed by atoms with Crippen LogP contribution in [0.25, 0.3) is 0 Å². The Balaban J connectivity index is 1.63. The zero-order chi connectivity index (χ0) is 22.7. The number of nitrogens with one attached hydrogen (secondary N) is 2.